The Bertz CT molecular complexity index is 915. The highest BCUT2D eigenvalue weighted by atomic mass is 32.2. The molecule has 0 radical (unpaired) electrons. The van der Waals surface area contributed by atoms with Gasteiger partial charge in [-0.2, -0.15) is 4.31 Å². The van der Waals surface area contributed by atoms with E-state index in [4.69, 9.17) is 4.74 Å². The average molecular weight is 373 g/mol. The van der Waals surface area contributed by atoms with Crippen LogP contribution < -0.4 is 4.74 Å². The Morgan fingerprint density at radius 2 is 1.69 bits per heavy atom. The largest absolute Gasteiger partial charge is 0.423 e. The number of ether oxygens (including phenoxy) is 1. The summed E-state index contributed by atoms with van der Waals surface area (Å²) in [5.74, 6) is -0.119. The lowest BCUT2D eigenvalue weighted by atomic mass is 10.1. The van der Waals surface area contributed by atoms with Crippen molar-refractivity contribution in [3.63, 3.8) is 0 Å². The molecule has 0 amide bonds. The van der Waals surface area contributed by atoms with Crippen molar-refractivity contribution in [2.24, 2.45) is 0 Å². The molecule has 0 spiro atoms. The van der Waals surface area contributed by atoms with E-state index in [0.29, 0.717) is 18.8 Å². The van der Waals surface area contributed by atoms with Gasteiger partial charge in [0.1, 0.15) is 5.75 Å². The van der Waals surface area contributed by atoms with Gasteiger partial charge >= 0.3 is 5.97 Å². The van der Waals surface area contributed by atoms with Crippen LogP contribution in [0.1, 0.15) is 40.7 Å². The predicted molar refractivity (Wildman–Crippen MR) is 99.9 cm³/mol. The maximum atomic E-state index is 12.8. The van der Waals surface area contributed by atoms with Gasteiger partial charge in [-0.3, -0.25) is 0 Å². The smallest absolute Gasteiger partial charge is 0.343 e. The van der Waals surface area contributed by atoms with Crippen LogP contribution in [-0.4, -0.2) is 31.8 Å². The van der Waals surface area contributed by atoms with Gasteiger partial charge < -0.3 is 4.74 Å². The van der Waals surface area contributed by atoms with E-state index in [1.165, 1.54) is 16.4 Å². The van der Waals surface area contributed by atoms with E-state index in [-0.39, 0.29) is 10.5 Å². The van der Waals surface area contributed by atoms with Crippen molar-refractivity contribution in [3.8, 4) is 5.75 Å². The Morgan fingerprint density at radius 1 is 0.962 bits per heavy atom. The molecule has 1 saturated heterocycles. The van der Waals surface area contributed by atoms with Gasteiger partial charge in [0.05, 0.1) is 10.5 Å². The zero-order chi connectivity index (χ0) is 18.7. The fourth-order valence-electron chi connectivity index (χ4n) is 2.98. The Hall–Kier alpha value is -2.18. The summed E-state index contributed by atoms with van der Waals surface area (Å²) in [4.78, 5) is 12.6. The highest BCUT2D eigenvalue weighted by molar-refractivity contribution is 7.89. The van der Waals surface area contributed by atoms with E-state index in [0.717, 1.165) is 30.4 Å². The van der Waals surface area contributed by atoms with Crippen molar-refractivity contribution >= 4 is 16.0 Å². The van der Waals surface area contributed by atoms with Gasteiger partial charge in [0.2, 0.25) is 10.0 Å². The Labute approximate surface area is 154 Å². The van der Waals surface area contributed by atoms with Crippen molar-refractivity contribution in [1.82, 2.24) is 4.31 Å². The van der Waals surface area contributed by atoms with Crippen molar-refractivity contribution in [1.29, 1.82) is 0 Å². The second-order valence-electron chi connectivity index (χ2n) is 6.63. The third-order valence-corrected chi connectivity index (χ3v) is 6.61. The summed E-state index contributed by atoms with van der Waals surface area (Å²) < 4.78 is 32.4. The maximum Gasteiger partial charge on any atom is 0.343 e. The van der Waals surface area contributed by atoms with Gasteiger partial charge in [-0.1, -0.05) is 18.6 Å². The van der Waals surface area contributed by atoms with E-state index in [1.807, 2.05) is 19.9 Å². The summed E-state index contributed by atoms with van der Waals surface area (Å²) in [5, 5.41) is 0. The summed E-state index contributed by atoms with van der Waals surface area (Å²) in [6, 6.07) is 11.5. The van der Waals surface area contributed by atoms with E-state index in [9.17, 15) is 13.2 Å². The molecule has 1 heterocycles. The van der Waals surface area contributed by atoms with Crippen LogP contribution in [0.4, 0.5) is 0 Å². The SMILES string of the molecule is Cc1ccc(OC(=O)c2cccc(S(=O)(=O)N3CCCCC3)c2)cc1C. The molecule has 0 unspecified atom stereocenters. The van der Waals surface area contributed by atoms with Crippen LogP contribution >= 0.6 is 0 Å². The second kappa shape index (κ2) is 7.60. The molecule has 0 N–H and O–H groups in total. The zero-order valence-electron chi connectivity index (χ0n) is 15.1. The Morgan fingerprint density at radius 3 is 2.38 bits per heavy atom. The van der Waals surface area contributed by atoms with Crippen LogP contribution in [0, 0.1) is 13.8 Å². The number of hydrogen-bond acceptors (Lipinski definition) is 4. The maximum absolute atomic E-state index is 12.8. The molecule has 1 aliphatic heterocycles. The lowest BCUT2D eigenvalue weighted by molar-refractivity contribution is 0.0734. The summed E-state index contributed by atoms with van der Waals surface area (Å²) >= 11 is 0. The number of hydrogen-bond donors (Lipinski definition) is 0. The molecule has 138 valence electrons. The summed E-state index contributed by atoms with van der Waals surface area (Å²) in [6.07, 6.45) is 2.79. The van der Waals surface area contributed by atoms with E-state index in [1.54, 1.807) is 24.3 Å². The third-order valence-electron chi connectivity index (χ3n) is 4.71. The molecule has 0 aliphatic carbocycles. The average Bonchev–Trinajstić information content (AvgIpc) is 2.65. The normalized spacial score (nSPS) is 15.6. The number of benzene rings is 2. The number of esters is 1. The van der Waals surface area contributed by atoms with Crippen LogP contribution in [0.25, 0.3) is 0 Å². The lowest BCUT2D eigenvalue weighted by Crippen LogP contribution is -2.35. The summed E-state index contributed by atoms with van der Waals surface area (Å²) in [7, 11) is -3.58. The van der Waals surface area contributed by atoms with Crippen molar-refractivity contribution < 1.29 is 17.9 Å². The first kappa shape index (κ1) is 18.6. The molecule has 3 rings (SSSR count). The van der Waals surface area contributed by atoms with Gasteiger partial charge in [0.25, 0.3) is 0 Å². The molecule has 5 nitrogen and oxygen atoms in total. The van der Waals surface area contributed by atoms with Crippen LogP contribution in [0.3, 0.4) is 0 Å². The van der Waals surface area contributed by atoms with Gasteiger partial charge in [-0.15, -0.1) is 0 Å². The van der Waals surface area contributed by atoms with Gasteiger partial charge in [-0.05, 0) is 68.1 Å². The molecular formula is C20H23NO4S. The minimum atomic E-state index is -3.58. The Kier molecular flexibility index (Phi) is 5.44. The molecular weight excluding hydrogens is 350 g/mol. The molecule has 26 heavy (non-hydrogen) atoms. The van der Waals surface area contributed by atoms with Crippen molar-refractivity contribution in [3.05, 3.63) is 59.2 Å². The topological polar surface area (TPSA) is 63.7 Å². The molecule has 0 saturated carbocycles. The first-order chi connectivity index (χ1) is 12.4. The first-order valence-corrected chi connectivity index (χ1v) is 10.2. The fraction of sp³-hybridized carbons (Fsp3) is 0.350. The first-order valence-electron chi connectivity index (χ1n) is 8.77. The number of nitrogens with zero attached hydrogens (tertiary/aromatic N) is 1. The molecule has 0 aromatic heterocycles. The lowest BCUT2D eigenvalue weighted by Gasteiger charge is -2.25. The number of rotatable bonds is 4. The molecule has 1 fully saturated rings. The number of carbonyl (C=O) groups excluding carboxylic acids is 1. The monoisotopic (exact) mass is 373 g/mol. The van der Waals surface area contributed by atoms with Crippen LogP contribution in [0.2, 0.25) is 0 Å². The van der Waals surface area contributed by atoms with Crippen LogP contribution in [0.5, 0.6) is 5.75 Å². The fourth-order valence-corrected chi connectivity index (χ4v) is 4.54. The van der Waals surface area contributed by atoms with Crippen LogP contribution in [-0.2, 0) is 10.0 Å². The van der Waals surface area contributed by atoms with Crippen molar-refractivity contribution in [2.45, 2.75) is 38.0 Å². The molecule has 2 aromatic carbocycles. The molecule has 2 aromatic rings. The summed E-state index contributed by atoms with van der Waals surface area (Å²) in [5.41, 5.74) is 2.36. The predicted octanol–water partition coefficient (Wildman–Crippen LogP) is 3.70. The second-order valence-corrected chi connectivity index (χ2v) is 8.57. The minimum Gasteiger partial charge on any atom is -0.423 e. The highest BCUT2D eigenvalue weighted by Gasteiger charge is 2.26. The standard InChI is InChI=1S/C20H23NO4S/c1-15-9-10-18(13-16(15)2)25-20(22)17-7-6-8-19(14-17)26(23,24)21-11-4-3-5-12-21/h6-10,13-14H,3-5,11-12H2,1-2H3. The number of carbonyl (C=O) groups is 1. The minimum absolute atomic E-state index is 0.133. The van der Waals surface area contributed by atoms with E-state index < -0.39 is 16.0 Å². The number of sulfonamides is 1. The third kappa shape index (κ3) is 3.97. The number of piperidine rings is 1. The quantitative estimate of drug-likeness (QED) is 0.606. The zero-order valence-corrected chi connectivity index (χ0v) is 15.9. The molecule has 6 heteroatoms. The molecule has 1 aliphatic rings. The van der Waals surface area contributed by atoms with E-state index in [2.05, 4.69) is 0 Å². The van der Waals surface area contributed by atoms with Gasteiger partial charge in [0.15, 0.2) is 0 Å². The van der Waals surface area contributed by atoms with E-state index >= 15 is 0 Å². The molecule has 0 bridgehead atoms. The van der Waals surface area contributed by atoms with Crippen LogP contribution in [0.15, 0.2) is 47.4 Å². The highest BCUT2D eigenvalue weighted by Crippen LogP contribution is 2.22. The Balaban J connectivity index is 1.82. The van der Waals surface area contributed by atoms with Gasteiger partial charge in [-0.25, -0.2) is 13.2 Å². The van der Waals surface area contributed by atoms with Crippen molar-refractivity contribution in [2.75, 3.05) is 13.1 Å². The summed E-state index contributed by atoms with van der Waals surface area (Å²) in [6.45, 7) is 4.98. The van der Waals surface area contributed by atoms with Gasteiger partial charge in [0, 0.05) is 13.1 Å². The number of aryl methyl sites for hydroxylation is 2. The molecule has 0 atom stereocenters.